The van der Waals surface area contributed by atoms with E-state index in [1.165, 1.54) is 0 Å². The number of aryl methyl sites for hydroxylation is 3. The monoisotopic (exact) mass is 388 g/mol. The highest BCUT2D eigenvalue weighted by molar-refractivity contribution is 7.89. The van der Waals surface area contributed by atoms with E-state index < -0.39 is 10.0 Å². The van der Waals surface area contributed by atoms with Gasteiger partial charge in [0.2, 0.25) is 10.0 Å². The van der Waals surface area contributed by atoms with Crippen LogP contribution in [0.5, 0.6) is 0 Å². The van der Waals surface area contributed by atoms with Crippen molar-refractivity contribution >= 4 is 10.0 Å². The van der Waals surface area contributed by atoms with Crippen molar-refractivity contribution in [2.45, 2.75) is 38.8 Å². The minimum absolute atomic E-state index is 0.287. The van der Waals surface area contributed by atoms with E-state index in [2.05, 4.69) is 15.7 Å². The van der Waals surface area contributed by atoms with Gasteiger partial charge in [-0.2, -0.15) is 0 Å². The number of hydrogen-bond acceptors (Lipinski definition) is 4. The highest BCUT2D eigenvalue weighted by Gasteiger charge is 2.20. The zero-order valence-electron chi connectivity index (χ0n) is 16.3. The molecule has 3 rings (SSSR count). The summed E-state index contributed by atoms with van der Waals surface area (Å²) in [6.45, 7) is 10.1. The number of ether oxygens (including phenoxy) is 1. The molecule has 1 fully saturated rings. The average Bonchev–Trinajstić information content (AvgIpc) is 2.61. The molecule has 0 spiro atoms. The molecule has 0 aliphatic carbocycles. The maximum absolute atomic E-state index is 12.9. The third-order valence-corrected chi connectivity index (χ3v) is 6.65. The summed E-state index contributed by atoms with van der Waals surface area (Å²) in [6.07, 6.45) is 0. The predicted molar refractivity (Wildman–Crippen MR) is 107 cm³/mol. The Labute approximate surface area is 162 Å². The van der Waals surface area contributed by atoms with Gasteiger partial charge in [-0.15, -0.1) is 0 Å². The molecule has 1 N–H and O–H groups in total. The fraction of sp³-hybridized carbons (Fsp3) is 0.429. The summed E-state index contributed by atoms with van der Waals surface area (Å²) in [5.41, 5.74) is 4.79. The number of nitrogens with zero attached hydrogens (tertiary/aromatic N) is 1. The molecule has 2 aromatic carbocycles. The van der Waals surface area contributed by atoms with Gasteiger partial charge in [0.15, 0.2) is 0 Å². The topological polar surface area (TPSA) is 58.6 Å². The molecule has 27 heavy (non-hydrogen) atoms. The number of rotatable bonds is 6. The van der Waals surface area contributed by atoms with Gasteiger partial charge in [0.05, 0.1) is 18.1 Å². The minimum Gasteiger partial charge on any atom is -0.379 e. The third-order valence-electron chi connectivity index (χ3n) is 4.94. The molecule has 0 atom stereocenters. The maximum atomic E-state index is 12.9. The zero-order chi connectivity index (χ0) is 19.4. The lowest BCUT2D eigenvalue weighted by Gasteiger charge is -2.27. The van der Waals surface area contributed by atoms with Crippen molar-refractivity contribution in [2.75, 3.05) is 26.3 Å². The van der Waals surface area contributed by atoms with Crippen molar-refractivity contribution in [3.63, 3.8) is 0 Å². The van der Waals surface area contributed by atoms with E-state index in [1.807, 2.05) is 51.1 Å². The van der Waals surface area contributed by atoms with E-state index in [9.17, 15) is 8.42 Å². The number of hydrogen-bond donors (Lipinski definition) is 1. The quantitative estimate of drug-likeness (QED) is 0.827. The Bertz CT molecular complexity index is 880. The van der Waals surface area contributed by atoms with E-state index in [4.69, 9.17) is 4.74 Å². The van der Waals surface area contributed by atoms with Crippen molar-refractivity contribution in [3.8, 4) is 0 Å². The van der Waals surface area contributed by atoms with Gasteiger partial charge in [0, 0.05) is 26.2 Å². The van der Waals surface area contributed by atoms with E-state index in [-0.39, 0.29) is 6.54 Å². The van der Waals surface area contributed by atoms with Gasteiger partial charge < -0.3 is 4.74 Å². The fourth-order valence-corrected chi connectivity index (χ4v) is 5.18. The van der Waals surface area contributed by atoms with Crippen molar-refractivity contribution in [1.29, 1.82) is 0 Å². The van der Waals surface area contributed by atoms with Crippen LogP contribution in [0, 0.1) is 20.8 Å². The van der Waals surface area contributed by atoms with Crippen LogP contribution >= 0.6 is 0 Å². The minimum atomic E-state index is -3.57. The lowest BCUT2D eigenvalue weighted by atomic mass is 10.1. The molecule has 1 aliphatic heterocycles. The van der Waals surface area contributed by atoms with E-state index in [1.54, 1.807) is 0 Å². The molecule has 0 radical (unpaired) electrons. The highest BCUT2D eigenvalue weighted by Crippen LogP contribution is 2.22. The largest absolute Gasteiger partial charge is 0.379 e. The molecule has 1 saturated heterocycles. The van der Waals surface area contributed by atoms with Crippen LogP contribution in [-0.4, -0.2) is 39.6 Å². The van der Waals surface area contributed by atoms with Gasteiger partial charge in [0.25, 0.3) is 0 Å². The number of morpholine rings is 1. The molecular formula is C21H28N2O3S. The lowest BCUT2D eigenvalue weighted by molar-refractivity contribution is 0.0341. The molecule has 0 saturated carbocycles. The van der Waals surface area contributed by atoms with Crippen LogP contribution in [0.1, 0.15) is 27.8 Å². The van der Waals surface area contributed by atoms with Crippen LogP contribution in [0.15, 0.2) is 41.3 Å². The summed E-state index contributed by atoms with van der Waals surface area (Å²) >= 11 is 0. The zero-order valence-corrected chi connectivity index (χ0v) is 17.1. The molecule has 1 heterocycles. The number of benzene rings is 2. The molecule has 146 valence electrons. The smallest absolute Gasteiger partial charge is 0.241 e. The van der Waals surface area contributed by atoms with Crippen molar-refractivity contribution in [1.82, 2.24) is 9.62 Å². The number of sulfonamides is 1. The van der Waals surface area contributed by atoms with Crippen LogP contribution < -0.4 is 4.72 Å². The molecule has 6 heteroatoms. The van der Waals surface area contributed by atoms with Crippen molar-refractivity contribution in [2.24, 2.45) is 0 Å². The molecule has 0 bridgehead atoms. The Hall–Kier alpha value is -1.73. The Morgan fingerprint density at radius 2 is 1.59 bits per heavy atom. The summed E-state index contributed by atoms with van der Waals surface area (Å²) in [5, 5.41) is 0. The van der Waals surface area contributed by atoms with Gasteiger partial charge in [-0.1, -0.05) is 42.0 Å². The fourth-order valence-electron chi connectivity index (χ4n) is 3.72. The second-order valence-electron chi connectivity index (χ2n) is 7.21. The molecule has 0 aromatic heterocycles. The summed E-state index contributed by atoms with van der Waals surface area (Å²) in [6, 6.07) is 11.8. The van der Waals surface area contributed by atoms with Crippen LogP contribution in [0.25, 0.3) is 0 Å². The van der Waals surface area contributed by atoms with Gasteiger partial charge in [-0.25, -0.2) is 13.1 Å². The van der Waals surface area contributed by atoms with Crippen molar-refractivity contribution < 1.29 is 13.2 Å². The Kier molecular flexibility index (Phi) is 6.32. The van der Waals surface area contributed by atoms with Crippen molar-refractivity contribution in [3.05, 3.63) is 64.2 Å². The first-order valence-corrected chi connectivity index (χ1v) is 10.8. The van der Waals surface area contributed by atoms with Gasteiger partial charge in [-0.05, 0) is 43.0 Å². The molecular weight excluding hydrogens is 360 g/mol. The number of nitrogens with one attached hydrogen (secondary N) is 1. The first-order valence-electron chi connectivity index (χ1n) is 9.31. The lowest BCUT2D eigenvalue weighted by Crippen LogP contribution is -2.36. The maximum Gasteiger partial charge on any atom is 0.241 e. The normalized spacial score (nSPS) is 15.8. The molecule has 0 amide bonds. The molecule has 2 aromatic rings. The van der Waals surface area contributed by atoms with E-state index in [0.717, 1.165) is 60.7 Å². The Balaban J connectivity index is 1.76. The first-order chi connectivity index (χ1) is 12.9. The summed E-state index contributed by atoms with van der Waals surface area (Å²) in [4.78, 5) is 2.73. The first kappa shape index (κ1) is 20.0. The van der Waals surface area contributed by atoms with Crippen LogP contribution in [0.2, 0.25) is 0 Å². The summed E-state index contributed by atoms with van der Waals surface area (Å²) in [7, 11) is -3.57. The van der Waals surface area contributed by atoms with Gasteiger partial charge in [-0.3, -0.25) is 4.90 Å². The SMILES string of the molecule is Cc1cc(C)c(S(=O)(=O)NCc2ccccc2CN2CCOCC2)c(C)c1. The van der Waals surface area contributed by atoms with E-state index >= 15 is 0 Å². The molecule has 1 aliphatic rings. The summed E-state index contributed by atoms with van der Waals surface area (Å²) < 4.78 is 34.0. The third kappa shape index (κ3) is 4.96. The standard InChI is InChI=1S/C21H28N2O3S/c1-16-12-17(2)21(18(3)13-16)27(24,25)22-14-19-6-4-5-7-20(19)15-23-8-10-26-11-9-23/h4-7,12-13,22H,8-11,14-15H2,1-3H3. The van der Waals surface area contributed by atoms with Crippen LogP contribution in [0.3, 0.4) is 0 Å². The summed E-state index contributed by atoms with van der Waals surface area (Å²) in [5.74, 6) is 0. The van der Waals surface area contributed by atoms with E-state index in [0.29, 0.717) is 4.90 Å². The van der Waals surface area contributed by atoms with Gasteiger partial charge in [0.1, 0.15) is 0 Å². The van der Waals surface area contributed by atoms with Gasteiger partial charge >= 0.3 is 0 Å². The molecule has 0 unspecified atom stereocenters. The van der Waals surface area contributed by atoms with Crippen LogP contribution in [-0.2, 0) is 27.8 Å². The average molecular weight is 389 g/mol. The van der Waals surface area contributed by atoms with Crippen LogP contribution in [0.4, 0.5) is 0 Å². The molecule has 5 nitrogen and oxygen atoms in total. The Morgan fingerprint density at radius 3 is 2.22 bits per heavy atom. The second kappa shape index (κ2) is 8.52. The predicted octanol–water partition coefficient (Wildman–Crippen LogP) is 2.92. The Morgan fingerprint density at radius 1 is 1.00 bits per heavy atom. The highest BCUT2D eigenvalue weighted by atomic mass is 32.2. The second-order valence-corrected chi connectivity index (χ2v) is 8.91.